The summed E-state index contributed by atoms with van der Waals surface area (Å²) in [4.78, 5) is 0. The maximum atomic E-state index is 5.75. The van der Waals surface area contributed by atoms with E-state index < -0.39 is 0 Å². The summed E-state index contributed by atoms with van der Waals surface area (Å²) in [5, 5.41) is 4.73. The Morgan fingerprint density at radius 2 is 2.29 bits per heavy atom. The number of hydrogen-bond donors (Lipinski definition) is 1. The second-order valence-corrected chi connectivity index (χ2v) is 3.54. The van der Waals surface area contributed by atoms with Crippen molar-refractivity contribution in [3.8, 4) is 0 Å². The van der Waals surface area contributed by atoms with Crippen LogP contribution in [0, 0.1) is 0 Å². The fourth-order valence-corrected chi connectivity index (χ4v) is 1.46. The average Bonchev–Trinajstić information content (AvgIpc) is 2.51. The molecule has 2 N–H and O–H groups in total. The summed E-state index contributed by atoms with van der Waals surface area (Å²) in [6.07, 6.45) is 3.40. The molecular weight excluding hydrogens is 198 g/mol. The molecule has 2 rings (SSSR count). The molecule has 0 saturated carbocycles. The topological polar surface area (TPSA) is 43.8 Å². The number of nitrogen functional groups attached to an aromatic ring is 1. The van der Waals surface area contributed by atoms with Crippen LogP contribution in [-0.2, 0) is 6.54 Å². The van der Waals surface area contributed by atoms with Crippen LogP contribution in [0.4, 0.5) is 5.69 Å². The first-order chi connectivity index (χ1) is 6.74. The van der Waals surface area contributed by atoms with Gasteiger partial charge in [-0.2, -0.15) is 5.10 Å². The van der Waals surface area contributed by atoms with Gasteiger partial charge in [0.25, 0.3) is 0 Å². The van der Waals surface area contributed by atoms with E-state index in [9.17, 15) is 0 Å². The molecular formula is C10H10ClN3. The Labute approximate surface area is 87.1 Å². The molecule has 72 valence electrons. The van der Waals surface area contributed by atoms with Crippen LogP contribution >= 0.6 is 11.6 Å². The van der Waals surface area contributed by atoms with Crippen molar-refractivity contribution in [2.75, 3.05) is 5.73 Å². The highest BCUT2D eigenvalue weighted by molar-refractivity contribution is 6.30. The van der Waals surface area contributed by atoms with E-state index in [0.29, 0.717) is 11.6 Å². The Morgan fingerprint density at radius 1 is 1.43 bits per heavy atom. The van der Waals surface area contributed by atoms with Crippen LogP contribution in [0.2, 0.25) is 5.02 Å². The van der Waals surface area contributed by atoms with Gasteiger partial charge in [0.2, 0.25) is 0 Å². The van der Waals surface area contributed by atoms with E-state index in [1.54, 1.807) is 17.1 Å². The van der Waals surface area contributed by atoms with Gasteiger partial charge in [-0.15, -0.1) is 0 Å². The van der Waals surface area contributed by atoms with E-state index in [0.717, 1.165) is 11.3 Å². The van der Waals surface area contributed by atoms with Crippen LogP contribution in [0.3, 0.4) is 0 Å². The van der Waals surface area contributed by atoms with Crippen molar-refractivity contribution >= 4 is 17.3 Å². The molecule has 1 aromatic heterocycles. The van der Waals surface area contributed by atoms with Crippen molar-refractivity contribution in [2.45, 2.75) is 6.54 Å². The summed E-state index contributed by atoms with van der Waals surface area (Å²) in [5.74, 6) is 0. The third-order valence-electron chi connectivity index (χ3n) is 1.90. The average molecular weight is 208 g/mol. The lowest BCUT2D eigenvalue weighted by Gasteiger charge is -2.02. The monoisotopic (exact) mass is 207 g/mol. The number of anilines is 1. The van der Waals surface area contributed by atoms with Crippen molar-refractivity contribution in [3.05, 3.63) is 47.2 Å². The van der Waals surface area contributed by atoms with Crippen LogP contribution in [0.25, 0.3) is 0 Å². The van der Waals surface area contributed by atoms with Gasteiger partial charge in [-0.25, -0.2) is 0 Å². The van der Waals surface area contributed by atoms with Crippen molar-refractivity contribution in [3.63, 3.8) is 0 Å². The summed E-state index contributed by atoms with van der Waals surface area (Å²) < 4.78 is 1.77. The Balaban J connectivity index is 2.18. The van der Waals surface area contributed by atoms with Crippen LogP contribution < -0.4 is 5.73 Å². The van der Waals surface area contributed by atoms with Crippen LogP contribution in [0.1, 0.15) is 5.56 Å². The lowest BCUT2D eigenvalue weighted by atomic mass is 10.2. The number of rotatable bonds is 2. The summed E-state index contributed by atoms with van der Waals surface area (Å²) in [6.45, 7) is 0.692. The quantitative estimate of drug-likeness (QED) is 0.767. The van der Waals surface area contributed by atoms with Gasteiger partial charge < -0.3 is 5.73 Å². The van der Waals surface area contributed by atoms with Crippen LogP contribution in [0.15, 0.2) is 36.7 Å². The summed E-state index contributed by atoms with van der Waals surface area (Å²) in [5.41, 5.74) is 7.54. The number of hydrogen-bond acceptors (Lipinski definition) is 2. The maximum Gasteiger partial charge on any atom is 0.0785 e. The third-order valence-corrected chi connectivity index (χ3v) is 2.09. The molecule has 0 aliphatic rings. The Kier molecular flexibility index (Phi) is 2.41. The van der Waals surface area contributed by atoms with E-state index >= 15 is 0 Å². The minimum atomic E-state index is 0.647. The molecule has 0 aliphatic heterocycles. The number of aromatic nitrogens is 2. The molecule has 14 heavy (non-hydrogen) atoms. The minimum absolute atomic E-state index is 0.647. The normalized spacial score (nSPS) is 10.4. The molecule has 0 aliphatic carbocycles. The first kappa shape index (κ1) is 9.09. The Morgan fingerprint density at radius 3 is 2.93 bits per heavy atom. The molecule has 0 saturated heterocycles. The van der Waals surface area contributed by atoms with E-state index in [1.807, 2.05) is 24.3 Å². The minimum Gasteiger partial charge on any atom is -0.399 e. The standard InChI is InChI=1S/C10H10ClN3/c11-9-5-13-14(7-9)6-8-2-1-3-10(12)4-8/h1-5,7H,6,12H2. The molecule has 0 fully saturated rings. The summed E-state index contributed by atoms with van der Waals surface area (Å²) in [6, 6.07) is 7.72. The first-order valence-corrected chi connectivity index (χ1v) is 4.64. The SMILES string of the molecule is Nc1cccc(Cn2cc(Cl)cn2)c1. The van der Waals surface area contributed by atoms with Gasteiger partial charge in [0.1, 0.15) is 0 Å². The van der Waals surface area contributed by atoms with Gasteiger partial charge in [0, 0.05) is 11.9 Å². The summed E-state index contributed by atoms with van der Waals surface area (Å²) >= 11 is 5.75. The number of nitrogens with two attached hydrogens (primary N) is 1. The van der Waals surface area contributed by atoms with E-state index in [1.165, 1.54) is 0 Å². The second-order valence-electron chi connectivity index (χ2n) is 3.10. The van der Waals surface area contributed by atoms with Crippen LogP contribution in [0.5, 0.6) is 0 Å². The highest BCUT2D eigenvalue weighted by Crippen LogP contribution is 2.10. The predicted octanol–water partition coefficient (Wildman–Crippen LogP) is 2.17. The highest BCUT2D eigenvalue weighted by Gasteiger charge is 1.97. The number of halogens is 1. The van der Waals surface area contributed by atoms with Crippen molar-refractivity contribution in [2.24, 2.45) is 0 Å². The van der Waals surface area contributed by atoms with Crippen molar-refractivity contribution < 1.29 is 0 Å². The van der Waals surface area contributed by atoms with Gasteiger partial charge in [-0.05, 0) is 17.7 Å². The largest absolute Gasteiger partial charge is 0.399 e. The van der Waals surface area contributed by atoms with Gasteiger partial charge in [-0.3, -0.25) is 4.68 Å². The maximum absolute atomic E-state index is 5.75. The van der Waals surface area contributed by atoms with Crippen molar-refractivity contribution in [1.29, 1.82) is 0 Å². The smallest absolute Gasteiger partial charge is 0.0785 e. The second kappa shape index (κ2) is 3.72. The molecule has 1 aromatic carbocycles. The molecule has 1 heterocycles. The predicted molar refractivity (Wildman–Crippen MR) is 57.2 cm³/mol. The molecule has 0 amide bonds. The molecule has 2 aromatic rings. The third kappa shape index (κ3) is 2.06. The molecule has 3 nitrogen and oxygen atoms in total. The Hall–Kier alpha value is -1.48. The van der Waals surface area contributed by atoms with E-state index in [2.05, 4.69) is 5.10 Å². The van der Waals surface area contributed by atoms with Crippen molar-refractivity contribution in [1.82, 2.24) is 9.78 Å². The van der Waals surface area contributed by atoms with E-state index in [-0.39, 0.29) is 0 Å². The van der Waals surface area contributed by atoms with Gasteiger partial charge in [0.05, 0.1) is 17.8 Å². The zero-order valence-corrected chi connectivity index (χ0v) is 8.28. The summed E-state index contributed by atoms with van der Waals surface area (Å²) in [7, 11) is 0. The van der Waals surface area contributed by atoms with Crippen LogP contribution in [-0.4, -0.2) is 9.78 Å². The Bertz CT molecular complexity index is 436. The first-order valence-electron chi connectivity index (χ1n) is 4.26. The highest BCUT2D eigenvalue weighted by atomic mass is 35.5. The lowest BCUT2D eigenvalue weighted by molar-refractivity contribution is 0.687. The zero-order chi connectivity index (χ0) is 9.97. The fraction of sp³-hybridized carbons (Fsp3) is 0.100. The number of nitrogens with zero attached hydrogens (tertiary/aromatic N) is 2. The lowest BCUT2D eigenvalue weighted by Crippen LogP contribution is -2.00. The molecule has 0 spiro atoms. The molecule has 4 heteroatoms. The van der Waals surface area contributed by atoms with Gasteiger partial charge in [-0.1, -0.05) is 23.7 Å². The fourth-order valence-electron chi connectivity index (χ4n) is 1.30. The molecule has 0 radical (unpaired) electrons. The van der Waals surface area contributed by atoms with Gasteiger partial charge >= 0.3 is 0 Å². The molecule has 0 atom stereocenters. The molecule has 0 bridgehead atoms. The number of benzene rings is 1. The molecule has 0 unspecified atom stereocenters. The zero-order valence-electron chi connectivity index (χ0n) is 7.52. The van der Waals surface area contributed by atoms with Gasteiger partial charge in [0.15, 0.2) is 0 Å². The van der Waals surface area contributed by atoms with E-state index in [4.69, 9.17) is 17.3 Å².